The molecule has 2 heterocycles. The van der Waals surface area contributed by atoms with Crippen molar-refractivity contribution < 1.29 is 19.1 Å². The van der Waals surface area contributed by atoms with Crippen LogP contribution < -0.4 is 19.7 Å². The lowest BCUT2D eigenvalue weighted by Gasteiger charge is -2.18. The normalized spacial score (nSPS) is 16.3. The Balaban J connectivity index is 1.36. The van der Waals surface area contributed by atoms with E-state index in [-0.39, 0.29) is 36.1 Å². The summed E-state index contributed by atoms with van der Waals surface area (Å²) in [5, 5.41) is 3.47. The van der Waals surface area contributed by atoms with Gasteiger partial charge in [-0.3, -0.25) is 14.5 Å². The van der Waals surface area contributed by atoms with Crippen LogP contribution in [0.25, 0.3) is 6.08 Å². The third-order valence-corrected chi connectivity index (χ3v) is 6.77. The Morgan fingerprint density at radius 2 is 1.83 bits per heavy atom. The summed E-state index contributed by atoms with van der Waals surface area (Å²) in [5.41, 5.74) is 3.87. The highest BCUT2D eigenvalue weighted by molar-refractivity contribution is 8.14. The smallest absolute Gasteiger partial charge is 0.283 e. The topological polar surface area (TPSA) is 80.2 Å². The highest BCUT2D eigenvalue weighted by Crippen LogP contribution is 2.34. The lowest BCUT2D eigenvalue weighted by atomic mass is 10.1. The molecule has 0 bridgehead atoms. The molecule has 2 amide bonds. The van der Waals surface area contributed by atoms with Gasteiger partial charge < -0.3 is 14.8 Å². The van der Waals surface area contributed by atoms with E-state index in [0.717, 1.165) is 16.7 Å². The second-order valence-corrected chi connectivity index (χ2v) is 9.44. The molecule has 3 aromatic rings. The zero-order valence-corrected chi connectivity index (χ0v) is 20.7. The maximum atomic E-state index is 13.4. The molecule has 2 aliphatic heterocycles. The maximum Gasteiger partial charge on any atom is 0.283 e. The molecule has 0 fully saturated rings. The molecule has 7 nitrogen and oxygen atoms in total. The van der Waals surface area contributed by atoms with E-state index in [4.69, 9.17) is 9.47 Å². The van der Waals surface area contributed by atoms with Crippen LogP contribution in [0.1, 0.15) is 29.7 Å². The lowest BCUT2D eigenvalue weighted by Crippen LogP contribution is -2.33. The Morgan fingerprint density at radius 3 is 2.61 bits per heavy atom. The Kier molecular flexibility index (Phi) is 6.77. The fourth-order valence-corrected chi connectivity index (χ4v) is 4.74. The molecular weight excluding hydrogens is 474 g/mol. The highest BCUT2D eigenvalue weighted by atomic mass is 32.2. The molecule has 5 rings (SSSR count). The fraction of sp³-hybridized carbons (Fsp3) is 0.179. The van der Waals surface area contributed by atoms with E-state index >= 15 is 0 Å². The summed E-state index contributed by atoms with van der Waals surface area (Å²) in [4.78, 5) is 32.3. The number of benzene rings is 3. The summed E-state index contributed by atoms with van der Waals surface area (Å²) < 4.78 is 10.8. The van der Waals surface area contributed by atoms with Gasteiger partial charge in [0.25, 0.3) is 5.91 Å². The number of nitrogens with one attached hydrogen (secondary N) is 1. The average molecular weight is 500 g/mol. The number of carbonyl (C=O) groups is 2. The number of aryl methyl sites for hydroxylation is 1. The summed E-state index contributed by atoms with van der Waals surface area (Å²) >= 11 is 1.23. The Hall–Kier alpha value is -4.04. The van der Waals surface area contributed by atoms with E-state index in [0.29, 0.717) is 22.4 Å². The predicted molar refractivity (Wildman–Crippen MR) is 142 cm³/mol. The van der Waals surface area contributed by atoms with E-state index in [1.807, 2.05) is 86.6 Å². The van der Waals surface area contributed by atoms with E-state index in [9.17, 15) is 9.59 Å². The minimum absolute atomic E-state index is 0.124. The van der Waals surface area contributed by atoms with Crippen molar-refractivity contribution in [1.29, 1.82) is 0 Å². The van der Waals surface area contributed by atoms with Crippen molar-refractivity contribution in [2.75, 3.05) is 17.4 Å². The largest absolute Gasteiger partial charge is 0.454 e. The van der Waals surface area contributed by atoms with Crippen LogP contribution in [0.3, 0.4) is 0 Å². The summed E-state index contributed by atoms with van der Waals surface area (Å²) in [7, 11) is 0. The van der Waals surface area contributed by atoms with Crippen LogP contribution in [0.15, 0.2) is 83.5 Å². The SMILES string of the molecule is Cc1ccc(N2C(=O)C(=Cc3ccc4c(c3)OCO4)N=C2SCC(=O)NC(C)c2ccccc2)cc1. The zero-order valence-electron chi connectivity index (χ0n) is 19.9. The van der Waals surface area contributed by atoms with Gasteiger partial charge in [-0.25, -0.2) is 4.99 Å². The number of amides is 2. The molecule has 0 saturated heterocycles. The first-order valence-electron chi connectivity index (χ1n) is 11.6. The number of nitrogens with zero attached hydrogens (tertiary/aromatic N) is 2. The Morgan fingerprint density at radius 1 is 1.08 bits per heavy atom. The van der Waals surface area contributed by atoms with Crippen LogP contribution in [-0.4, -0.2) is 29.5 Å². The van der Waals surface area contributed by atoms with Crippen molar-refractivity contribution >= 4 is 40.5 Å². The molecular formula is C28H25N3O4S. The van der Waals surface area contributed by atoms with Gasteiger partial charge in [0.15, 0.2) is 16.7 Å². The number of hydrogen-bond acceptors (Lipinski definition) is 6. The van der Waals surface area contributed by atoms with Crippen LogP contribution in [0.5, 0.6) is 11.5 Å². The molecule has 1 N–H and O–H groups in total. The highest BCUT2D eigenvalue weighted by Gasteiger charge is 2.32. The molecule has 0 aromatic heterocycles. The molecule has 1 atom stereocenters. The molecule has 0 spiro atoms. The van der Waals surface area contributed by atoms with Crippen LogP contribution in [-0.2, 0) is 9.59 Å². The lowest BCUT2D eigenvalue weighted by molar-refractivity contribution is -0.119. The molecule has 0 aliphatic carbocycles. The maximum absolute atomic E-state index is 13.4. The number of aliphatic imine (C=N–C) groups is 1. The summed E-state index contributed by atoms with van der Waals surface area (Å²) in [6.07, 6.45) is 1.72. The van der Waals surface area contributed by atoms with Crippen LogP contribution in [0, 0.1) is 6.92 Å². The number of anilines is 1. The first-order valence-corrected chi connectivity index (χ1v) is 12.5. The molecule has 36 heavy (non-hydrogen) atoms. The van der Waals surface area contributed by atoms with Crippen molar-refractivity contribution in [3.05, 3.63) is 95.2 Å². The van der Waals surface area contributed by atoms with Crippen molar-refractivity contribution in [1.82, 2.24) is 5.32 Å². The minimum Gasteiger partial charge on any atom is -0.454 e. The second kappa shape index (κ2) is 10.3. The number of hydrogen-bond donors (Lipinski definition) is 1. The molecule has 2 aliphatic rings. The van der Waals surface area contributed by atoms with Gasteiger partial charge in [-0.05, 0) is 55.3 Å². The second-order valence-electron chi connectivity index (χ2n) is 8.50. The fourth-order valence-electron chi connectivity index (χ4n) is 3.91. The van der Waals surface area contributed by atoms with E-state index < -0.39 is 0 Å². The van der Waals surface area contributed by atoms with Gasteiger partial charge in [0.2, 0.25) is 12.7 Å². The average Bonchev–Trinajstić information content (AvgIpc) is 3.48. The quantitative estimate of drug-likeness (QED) is 0.479. The van der Waals surface area contributed by atoms with Gasteiger partial charge in [-0.15, -0.1) is 0 Å². The van der Waals surface area contributed by atoms with Crippen molar-refractivity contribution in [3.63, 3.8) is 0 Å². The van der Waals surface area contributed by atoms with Gasteiger partial charge in [0.1, 0.15) is 5.70 Å². The van der Waals surface area contributed by atoms with Crippen LogP contribution in [0.4, 0.5) is 5.69 Å². The number of fused-ring (bicyclic) bond motifs is 1. The van der Waals surface area contributed by atoms with Gasteiger partial charge in [0, 0.05) is 0 Å². The third-order valence-electron chi connectivity index (χ3n) is 5.83. The van der Waals surface area contributed by atoms with E-state index in [1.165, 1.54) is 11.8 Å². The molecule has 182 valence electrons. The van der Waals surface area contributed by atoms with Crippen LogP contribution in [0.2, 0.25) is 0 Å². The van der Waals surface area contributed by atoms with Crippen LogP contribution >= 0.6 is 11.8 Å². The summed E-state index contributed by atoms with van der Waals surface area (Å²) in [6, 6.07) is 22.8. The number of carbonyl (C=O) groups excluding carboxylic acids is 2. The van der Waals surface area contributed by atoms with Crippen molar-refractivity contribution in [3.8, 4) is 11.5 Å². The van der Waals surface area contributed by atoms with Crippen molar-refractivity contribution in [2.45, 2.75) is 19.9 Å². The van der Waals surface area contributed by atoms with Gasteiger partial charge in [-0.1, -0.05) is 65.9 Å². The Bertz CT molecular complexity index is 1350. The molecule has 1 unspecified atom stereocenters. The predicted octanol–water partition coefficient (Wildman–Crippen LogP) is 5.08. The van der Waals surface area contributed by atoms with Crippen molar-refractivity contribution in [2.24, 2.45) is 4.99 Å². The van der Waals surface area contributed by atoms with Gasteiger partial charge >= 0.3 is 0 Å². The number of thioether (sulfide) groups is 1. The van der Waals surface area contributed by atoms with E-state index in [2.05, 4.69) is 10.3 Å². The first-order chi connectivity index (χ1) is 17.5. The summed E-state index contributed by atoms with van der Waals surface area (Å²) in [5.74, 6) is 1.04. The van der Waals surface area contributed by atoms with Gasteiger partial charge in [-0.2, -0.15) is 0 Å². The molecule has 8 heteroatoms. The monoisotopic (exact) mass is 499 g/mol. The summed E-state index contributed by atoms with van der Waals surface area (Å²) in [6.45, 7) is 4.11. The minimum atomic E-state index is -0.253. The third kappa shape index (κ3) is 5.13. The zero-order chi connectivity index (χ0) is 25.1. The number of rotatable bonds is 6. The Labute approximate surface area is 213 Å². The number of amidine groups is 1. The molecule has 3 aromatic carbocycles. The molecule has 0 saturated carbocycles. The van der Waals surface area contributed by atoms with Gasteiger partial charge in [0.05, 0.1) is 17.5 Å². The number of ether oxygens (including phenoxy) is 2. The van der Waals surface area contributed by atoms with E-state index in [1.54, 1.807) is 11.0 Å². The standard InChI is InChI=1S/C28H25N3O4S/c1-18-8-11-22(12-9-18)31-27(33)23(14-20-10-13-24-25(15-20)35-17-34-24)30-28(31)36-16-26(32)29-19(2)21-6-4-3-5-7-21/h3-15,19H,16-17H2,1-2H3,(H,29,32). The first kappa shape index (κ1) is 23.7. The molecule has 0 radical (unpaired) electrons.